The van der Waals surface area contributed by atoms with Crippen molar-refractivity contribution in [3.8, 4) is 0 Å². The van der Waals surface area contributed by atoms with Crippen LogP contribution in [0, 0.1) is 11.3 Å². The molecule has 2 aliphatic rings. The second-order valence-corrected chi connectivity index (χ2v) is 5.92. The number of fused-ring (bicyclic) bond motifs is 1. The first-order chi connectivity index (χ1) is 8.76. The molecule has 0 radical (unpaired) electrons. The number of amides is 1. The lowest BCUT2D eigenvalue weighted by molar-refractivity contribution is -0.121. The maximum atomic E-state index is 12.2. The smallest absolute Gasteiger partial charge is 0.286 e. The standard InChI is InChI=1S/C12H19N5O2/c1-7(2)5-16-9(13)8(15-19)10(18)17-6-12(3,4)14-11(16)17/h7,13,19H,5-6H2,1-4H3/b13-9?,15-8-. The minimum Gasteiger partial charge on any atom is -0.410 e. The quantitative estimate of drug-likeness (QED) is 0.569. The van der Waals surface area contributed by atoms with E-state index in [-0.39, 0.29) is 17.1 Å². The van der Waals surface area contributed by atoms with Crippen molar-refractivity contribution in [1.29, 1.82) is 5.41 Å². The molecule has 0 unspecified atom stereocenters. The Balaban J connectivity index is 2.45. The van der Waals surface area contributed by atoms with Crippen LogP contribution in [0.5, 0.6) is 0 Å². The Hall–Kier alpha value is -1.92. The third-order valence-electron chi connectivity index (χ3n) is 3.02. The van der Waals surface area contributed by atoms with E-state index in [1.807, 2.05) is 27.7 Å². The molecular formula is C12H19N5O2. The van der Waals surface area contributed by atoms with E-state index < -0.39 is 5.91 Å². The molecule has 2 aliphatic heterocycles. The van der Waals surface area contributed by atoms with Gasteiger partial charge in [0.15, 0.2) is 5.84 Å². The van der Waals surface area contributed by atoms with Gasteiger partial charge in [0.2, 0.25) is 11.7 Å². The maximum Gasteiger partial charge on any atom is 0.286 e. The van der Waals surface area contributed by atoms with Crippen LogP contribution in [0.1, 0.15) is 27.7 Å². The largest absolute Gasteiger partial charge is 0.410 e. The van der Waals surface area contributed by atoms with Crippen LogP contribution in [-0.4, -0.2) is 57.0 Å². The molecule has 7 nitrogen and oxygen atoms in total. The molecule has 1 saturated heterocycles. The molecule has 2 N–H and O–H groups in total. The highest BCUT2D eigenvalue weighted by Crippen LogP contribution is 2.26. The Labute approximate surface area is 112 Å². The van der Waals surface area contributed by atoms with Crippen molar-refractivity contribution in [2.75, 3.05) is 13.1 Å². The monoisotopic (exact) mass is 265 g/mol. The summed E-state index contributed by atoms with van der Waals surface area (Å²) in [7, 11) is 0. The highest BCUT2D eigenvalue weighted by atomic mass is 16.4. The molecule has 104 valence electrons. The molecule has 0 spiro atoms. The summed E-state index contributed by atoms with van der Waals surface area (Å²) in [5.74, 6) is 0.230. The molecule has 0 atom stereocenters. The van der Waals surface area contributed by atoms with Crippen molar-refractivity contribution in [3.63, 3.8) is 0 Å². The Bertz CT molecular complexity index is 492. The van der Waals surface area contributed by atoms with Crippen molar-refractivity contribution in [1.82, 2.24) is 9.80 Å². The molecular weight excluding hydrogens is 246 g/mol. The molecule has 0 bridgehead atoms. The van der Waals surface area contributed by atoms with Gasteiger partial charge in [0.1, 0.15) is 0 Å². The lowest BCUT2D eigenvalue weighted by atomic mass is 10.1. The zero-order valence-corrected chi connectivity index (χ0v) is 11.6. The minimum atomic E-state index is -0.461. The molecule has 0 saturated carbocycles. The van der Waals surface area contributed by atoms with E-state index in [1.54, 1.807) is 4.90 Å². The van der Waals surface area contributed by atoms with Crippen LogP contribution in [0.25, 0.3) is 0 Å². The number of nitrogens with one attached hydrogen (secondary N) is 1. The first-order valence-electron chi connectivity index (χ1n) is 6.27. The zero-order valence-electron chi connectivity index (χ0n) is 11.6. The summed E-state index contributed by atoms with van der Waals surface area (Å²) in [6.07, 6.45) is 0. The lowest BCUT2D eigenvalue weighted by Crippen LogP contribution is -2.60. The van der Waals surface area contributed by atoms with Crippen LogP contribution in [0.15, 0.2) is 10.1 Å². The molecule has 19 heavy (non-hydrogen) atoms. The van der Waals surface area contributed by atoms with Gasteiger partial charge in [-0.05, 0) is 19.8 Å². The molecule has 0 aliphatic carbocycles. The van der Waals surface area contributed by atoms with E-state index in [1.165, 1.54) is 4.90 Å². The van der Waals surface area contributed by atoms with Gasteiger partial charge in [0.05, 0.1) is 12.1 Å². The number of nitrogens with zero attached hydrogens (tertiary/aromatic N) is 4. The van der Waals surface area contributed by atoms with Gasteiger partial charge in [-0.3, -0.25) is 20.0 Å². The van der Waals surface area contributed by atoms with E-state index >= 15 is 0 Å². The normalized spacial score (nSPS) is 24.3. The van der Waals surface area contributed by atoms with Crippen LogP contribution in [0.4, 0.5) is 0 Å². The Morgan fingerprint density at radius 1 is 1.53 bits per heavy atom. The number of guanidine groups is 1. The maximum absolute atomic E-state index is 12.2. The Morgan fingerprint density at radius 3 is 2.68 bits per heavy atom. The predicted molar refractivity (Wildman–Crippen MR) is 71.7 cm³/mol. The first kappa shape index (κ1) is 13.5. The molecule has 0 aromatic rings. The zero-order chi connectivity index (χ0) is 14.4. The summed E-state index contributed by atoms with van der Waals surface area (Å²) >= 11 is 0. The molecule has 2 rings (SSSR count). The highest BCUT2D eigenvalue weighted by molar-refractivity contribution is 6.69. The van der Waals surface area contributed by atoms with Gasteiger partial charge < -0.3 is 5.21 Å². The fourth-order valence-corrected chi connectivity index (χ4v) is 2.28. The van der Waals surface area contributed by atoms with E-state index in [0.717, 1.165) is 0 Å². The molecule has 2 heterocycles. The summed E-state index contributed by atoms with van der Waals surface area (Å²) in [4.78, 5) is 19.8. The topological polar surface area (TPSA) is 92.3 Å². The average Bonchev–Trinajstić information content (AvgIpc) is 2.61. The lowest BCUT2D eigenvalue weighted by Gasteiger charge is -2.35. The van der Waals surface area contributed by atoms with Gasteiger partial charge in [0, 0.05) is 6.54 Å². The van der Waals surface area contributed by atoms with Crippen LogP contribution in [0.2, 0.25) is 0 Å². The summed E-state index contributed by atoms with van der Waals surface area (Å²) in [6, 6.07) is 0. The third kappa shape index (κ3) is 2.20. The molecule has 1 amide bonds. The molecule has 7 heteroatoms. The Kier molecular flexibility index (Phi) is 3.07. The van der Waals surface area contributed by atoms with Crippen molar-refractivity contribution >= 4 is 23.4 Å². The van der Waals surface area contributed by atoms with Gasteiger partial charge in [-0.25, -0.2) is 4.99 Å². The summed E-state index contributed by atoms with van der Waals surface area (Å²) in [5, 5.41) is 20.0. The number of rotatable bonds is 2. The predicted octanol–water partition coefficient (Wildman–Crippen LogP) is 0.742. The van der Waals surface area contributed by atoms with Crippen LogP contribution < -0.4 is 0 Å². The number of carbonyl (C=O) groups excluding carboxylic acids is 1. The highest BCUT2D eigenvalue weighted by Gasteiger charge is 2.46. The van der Waals surface area contributed by atoms with E-state index in [0.29, 0.717) is 25.0 Å². The van der Waals surface area contributed by atoms with Gasteiger partial charge in [-0.1, -0.05) is 19.0 Å². The number of hydrogen-bond acceptors (Lipinski definition) is 5. The van der Waals surface area contributed by atoms with Crippen LogP contribution in [0.3, 0.4) is 0 Å². The number of hydrogen-bond donors (Lipinski definition) is 2. The summed E-state index contributed by atoms with van der Waals surface area (Å²) in [6.45, 7) is 8.88. The van der Waals surface area contributed by atoms with E-state index in [4.69, 9.17) is 10.6 Å². The fraction of sp³-hybridized carbons (Fsp3) is 0.667. The number of amidine groups is 1. The number of carbonyl (C=O) groups is 1. The van der Waals surface area contributed by atoms with E-state index in [9.17, 15) is 4.79 Å². The van der Waals surface area contributed by atoms with E-state index in [2.05, 4.69) is 10.1 Å². The molecule has 0 aromatic heterocycles. The number of aliphatic imine (C=N–C) groups is 1. The molecule has 1 fully saturated rings. The average molecular weight is 265 g/mol. The van der Waals surface area contributed by atoms with Crippen molar-refractivity contribution in [2.24, 2.45) is 16.1 Å². The fourth-order valence-electron chi connectivity index (χ4n) is 2.28. The second-order valence-electron chi connectivity index (χ2n) is 5.92. The van der Waals surface area contributed by atoms with Crippen LogP contribution >= 0.6 is 0 Å². The van der Waals surface area contributed by atoms with Crippen molar-refractivity contribution in [3.05, 3.63) is 0 Å². The SMILES string of the molecule is CC(C)CN1C(=N)/C(=N/O)C(=O)N2CC(C)(C)N=C12. The summed E-state index contributed by atoms with van der Waals surface area (Å²) in [5.41, 5.74) is -0.608. The first-order valence-corrected chi connectivity index (χ1v) is 6.27. The van der Waals surface area contributed by atoms with Crippen molar-refractivity contribution < 1.29 is 10.0 Å². The van der Waals surface area contributed by atoms with Gasteiger partial charge in [-0.15, -0.1) is 0 Å². The second kappa shape index (κ2) is 4.32. The van der Waals surface area contributed by atoms with Gasteiger partial charge in [-0.2, -0.15) is 0 Å². The van der Waals surface area contributed by atoms with Gasteiger partial charge >= 0.3 is 0 Å². The summed E-state index contributed by atoms with van der Waals surface area (Å²) < 4.78 is 0. The van der Waals surface area contributed by atoms with Crippen LogP contribution in [-0.2, 0) is 4.79 Å². The van der Waals surface area contributed by atoms with Gasteiger partial charge in [0.25, 0.3) is 5.91 Å². The minimum absolute atomic E-state index is 0.0890. The molecule has 0 aromatic carbocycles. The number of oxime groups is 1. The van der Waals surface area contributed by atoms with Crippen molar-refractivity contribution in [2.45, 2.75) is 33.2 Å². The Morgan fingerprint density at radius 2 is 2.16 bits per heavy atom. The third-order valence-corrected chi connectivity index (χ3v) is 3.02.